The monoisotopic (exact) mass is 253 g/mol. The summed E-state index contributed by atoms with van der Waals surface area (Å²) in [4.78, 5) is 0. The molecule has 0 aromatic heterocycles. The highest BCUT2D eigenvalue weighted by Crippen LogP contribution is 2.28. The molecule has 0 rings (SSSR count). The summed E-state index contributed by atoms with van der Waals surface area (Å²) in [6, 6.07) is 0. The van der Waals surface area contributed by atoms with Crippen LogP contribution in [-0.2, 0) is 0 Å². The average molecular weight is 256 g/mol. The largest absolute Gasteiger partial charge is 0.156 e. The zero-order valence-corrected chi connectivity index (χ0v) is 7.27. The lowest BCUT2D eigenvalue weighted by Gasteiger charge is -1.94. The molecular formula is C2HBr2Cl2. The molecule has 37 valence electrons. The molecule has 0 saturated heterocycles. The Morgan fingerprint density at radius 1 is 1.67 bits per heavy atom. The van der Waals surface area contributed by atoms with Crippen LogP contribution in [0.25, 0.3) is 0 Å². The summed E-state index contributed by atoms with van der Waals surface area (Å²) in [5.74, 6) is 0. The molecule has 0 saturated carbocycles. The molecule has 0 N–H and O–H groups in total. The van der Waals surface area contributed by atoms with Gasteiger partial charge < -0.3 is 0 Å². The third-order valence-electron chi connectivity index (χ3n) is 0.165. The van der Waals surface area contributed by atoms with Gasteiger partial charge in [0.05, 0.1) is 0 Å². The Bertz CT molecular complexity index is 30.5. The summed E-state index contributed by atoms with van der Waals surface area (Å²) >= 11 is 16.5. The number of hydrogen-bond acceptors (Lipinski definition) is 0. The van der Waals surface area contributed by atoms with Gasteiger partial charge in [-0.05, 0) is 0 Å². The summed E-state index contributed by atoms with van der Waals surface area (Å²) in [5.41, 5.74) is 0. The van der Waals surface area contributed by atoms with Gasteiger partial charge in [0.25, 0.3) is 0 Å². The first-order chi connectivity index (χ1) is 2.64. The van der Waals surface area contributed by atoms with Gasteiger partial charge in [0.15, 0.2) is 4.29 Å². The van der Waals surface area contributed by atoms with Crippen LogP contribution in [-0.4, -0.2) is 4.29 Å². The van der Waals surface area contributed by atoms with Crippen LogP contribution in [0.4, 0.5) is 0 Å². The minimum atomic E-state index is -0.265. The first-order valence-corrected chi connectivity index (χ1v) is 3.63. The van der Waals surface area contributed by atoms with E-state index in [9.17, 15) is 0 Å². The van der Waals surface area contributed by atoms with Gasteiger partial charge in [0.2, 0.25) is 0 Å². The molecule has 0 spiro atoms. The first-order valence-electron chi connectivity index (χ1n) is 1.10. The molecule has 0 bridgehead atoms. The van der Waals surface area contributed by atoms with Gasteiger partial charge in [-0.3, -0.25) is 0 Å². The van der Waals surface area contributed by atoms with Gasteiger partial charge in [-0.25, -0.2) is 0 Å². The molecular weight excluding hydrogens is 255 g/mol. The topological polar surface area (TPSA) is 0 Å². The molecule has 0 amide bonds. The summed E-state index contributed by atoms with van der Waals surface area (Å²) in [7, 11) is 0. The van der Waals surface area contributed by atoms with E-state index in [0.717, 1.165) is 0 Å². The van der Waals surface area contributed by atoms with Crippen molar-refractivity contribution in [2.24, 2.45) is 0 Å². The molecule has 0 aliphatic rings. The van der Waals surface area contributed by atoms with Crippen LogP contribution >= 0.6 is 55.1 Å². The molecule has 0 aliphatic carbocycles. The van der Waals surface area contributed by atoms with Gasteiger partial charge in [0.1, 0.15) is 4.29 Å². The van der Waals surface area contributed by atoms with Crippen LogP contribution in [0, 0.1) is 4.29 Å². The average Bonchev–Trinajstić information content (AvgIpc) is 1.36. The maximum Gasteiger partial charge on any atom is 0.156 e. The fourth-order valence-electron chi connectivity index (χ4n) is 0. The predicted molar refractivity (Wildman–Crippen MR) is 36.6 cm³/mol. The normalized spacial score (nSPS) is 15.5. The standard InChI is InChI=1S/C2HBr2Cl2/c3-1(5)2(4)6/h1H. The van der Waals surface area contributed by atoms with Crippen molar-refractivity contribution in [3.05, 3.63) is 4.29 Å². The number of halogens is 4. The Morgan fingerprint density at radius 3 is 1.83 bits per heavy atom. The van der Waals surface area contributed by atoms with E-state index in [2.05, 4.69) is 31.9 Å². The van der Waals surface area contributed by atoms with Gasteiger partial charge in [-0.15, -0.1) is 23.2 Å². The van der Waals surface area contributed by atoms with E-state index >= 15 is 0 Å². The molecule has 0 nitrogen and oxygen atoms in total. The van der Waals surface area contributed by atoms with Crippen molar-refractivity contribution in [1.29, 1.82) is 0 Å². The van der Waals surface area contributed by atoms with E-state index in [1.807, 2.05) is 0 Å². The molecule has 1 unspecified atom stereocenters. The maximum absolute atomic E-state index is 5.31. The molecule has 0 fully saturated rings. The Kier molecular flexibility index (Phi) is 4.44. The Balaban J connectivity index is 2.99. The Labute approximate surface area is 63.4 Å². The maximum atomic E-state index is 5.31. The van der Waals surface area contributed by atoms with E-state index in [0.29, 0.717) is 4.29 Å². The second kappa shape index (κ2) is 3.53. The smallest absolute Gasteiger partial charge is 0.107 e. The van der Waals surface area contributed by atoms with Gasteiger partial charge >= 0.3 is 0 Å². The fourth-order valence-corrected chi connectivity index (χ4v) is 0. The lowest BCUT2D eigenvalue weighted by Crippen LogP contribution is -1.84. The Hall–Kier alpha value is 1.54. The van der Waals surface area contributed by atoms with Crippen LogP contribution in [0.5, 0.6) is 0 Å². The zero-order chi connectivity index (χ0) is 5.15. The lowest BCUT2D eigenvalue weighted by atomic mass is 11.0. The number of alkyl halides is 2. The molecule has 0 aromatic carbocycles. The van der Waals surface area contributed by atoms with Gasteiger partial charge in [-0.1, -0.05) is 31.9 Å². The predicted octanol–water partition coefficient (Wildman–Crippen LogP) is 3.07. The third kappa shape index (κ3) is 3.72. The van der Waals surface area contributed by atoms with Crippen LogP contribution in [0.1, 0.15) is 0 Å². The van der Waals surface area contributed by atoms with Crippen LogP contribution < -0.4 is 0 Å². The highest BCUT2D eigenvalue weighted by molar-refractivity contribution is 9.14. The van der Waals surface area contributed by atoms with Crippen LogP contribution in [0.2, 0.25) is 0 Å². The van der Waals surface area contributed by atoms with Crippen molar-refractivity contribution >= 4 is 55.1 Å². The van der Waals surface area contributed by atoms with Crippen LogP contribution in [0.15, 0.2) is 0 Å². The summed E-state index contributed by atoms with van der Waals surface area (Å²) in [6.45, 7) is 0. The quantitative estimate of drug-likeness (QED) is 0.632. The summed E-state index contributed by atoms with van der Waals surface area (Å²) in [6.07, 6.45) is 0. The van der Waals surface area contributed by atoms with Crippen LogP contribution in [0.3, 0.4) is 0 Å². The van der Waals surface area contributed by atoms with Crippen molar-refractivity contribution in [1.82, 2.24) is 0 Å². The molecule has 4 heteroatoms. The Morgan fingerprint density at radius 2 is 1.83 bits per heavy atom. The number of hydrogen-bond donors (Lipinski definition) is 0. The van der Waals surface area contributed by atoms with Crippen molar-refractivity contribution in [2.45, 2.75) is 4.29 Å². The molecule has 6 heavy (non-hydrogen) atoms. The van der Waals surface area contributed by atoms with E-state index in [1.165, 1.54) is 0 Å². The van der Waals surface area contributed by atoms with Crippen molar-refractivity contribution in [3.8, 4) is 0 Å². The second-order valence-corrected chi connectivity index (χ2v) is 4.19. The highest BCUT2D eigenvalue weighted by atomic mass is 79.9. The van der Waals surface area contributed by atoms with Crippen molar-refractivity contribution < 1.29 is 0 Å². The number of rotatable bonds is 1. The minimum absolute atomic E-state index is 0.265. The zero-order valence-electron chi connectivity index (χ0n) is 2.59. The molecule has 1 atom stereocenters. The van der Waals surface area contributed by atoms with E-state index in [4.69, 9.17) is 23.2 Å². The molecule has 0 aromatic rings. The highest BCUT2D eigenvalue weighted by Gasteiger charge is 2.07. The van der Waals surface area contributed by atoms with E-state index < -0.39 is 0 Å². The SMILES string of the molecule is Cl[C](Br)C(Cl)Br. The molecule has 0 aliphatic heterocycles. The molecule has 0 heterocycles. The lowest BCUT2D eigenvalue weighted by molar-refractivity contribution is 1.58. The first kappa shape index (κ1) is 7.54. The minimum Gasteiger partial charge on any atom is -0.107 e. The summed E-state index contributed by atoms with van der Waals surface area (Å²) < 4.78 is 0.211. The van der Waals surface area contributed by atoms with Crippen molar-refractivity contribution in [2.75, 3.05) is 0 Å². The second-order valence-electron chi connectivity index (χ2n) is 0.590. The van der Waals surface area contributed by atoms with E-state index in [1.54, 1.807) is 0 Å². The third-order valence-corrected chi connectivity index (χ3v) is 2.77. The van der Waals surface area contributed by atoms with E-state index in [-0.39, 0.29) is 4.29 Å². The summed E-state index contributed by atoms with van der Waals surface area (Å²) in [5, 5.41) is 0. The fraction of sp³-hybridized carbons (Fsp3) is 0.500. The van der Waals surface area contributed by atoms with Crippen molar-refractivity contribution in [3.63, 3.8) is 0 Å². The van der Waals surface area contributed by atoms with Gasteiger partial charge in [-0.2, -0.15) is 0 Å². The molecule has 1 radical (unpaired) electrons. The van der Waals surface area contributed by atoms with Gasteiger partial charge in [0, 0.05) is 0 Å².